The van der Waals surface area contributed by atoms with Crippen LogP contribution in [0.25, 0.3) is 0 Å². The van der Waals surface area contributed by atoms with E-state index in [9.17, 15) is 9.59 Å². The minimum absolute atomic E-state index is 0.125. The third-order valence-corrected chi connectivity index (χ3v) is 5.15. The van der Waals surface area contributed by atoms with Crippen molar-refractivity contribution in [3.05, 3.63) is 35.9 Å². The Morgan fingerprint density at radius 2 is 1.36 bits per heavy atom. The van der Waals surface area contributed by atoms with Gasteiger partial charge in [0, 0.05) is 65.8 Å². The Morgan fingerprint density at radius 3 is 1.96 bits per heavy atom. The van der Waals surface area contributed by atoms with Crippen LogP contribution in [0.1, 0.15) is 12.5 Å². The maximum absolute atomic E-state index is 12.5. The van der Waals surface area contributed by atoms with E-state index in [4.69, 9.17) is 0 Å². The van der Waals surface area contributed by atoms with Crippen LogP contribution in [0.4, 0.5) is 0 Å². The van der Waals surface area contributed by atoms with Gasteiger partial charge in [-0.1, -0.05) is 30.3 Å². The van der Waals surface area contributed by atoms with Crippen LogP contribution in [-0.2, 0) is 16.1 Å². The van der Waals surface area contributed by atoms with E-state index in [1.165, 1.54) is 5.56 Å². The monoisotopic (exact) mass is 344 g/mol. The third-order valence-electron chi connectivity index (χ3n) is 5.15. The molecule has 25 heavy (non-hydrogen) atoms. The summed E-state index contributed by atoms with van der Waals surface area (Å²) in [5.74, 6) is 0.344. The molecule has 3 rings (SSSR count). The van der Waals surface area contributed by atoms with Gasteiger partial charge in [-0.05, 0) is 5.56 Å². The standard InChI is InChI=1S/C19H28N4O2/c1-17(24)22-11-7-21(8-12-22)16-19(25)23-13-9-20(10-14-23)15-18-5-3-2-4-6-18/h2-6H,7-16H2,1H3. The van der Waals surface area contributed by atoms with E-state index in [0.29, 0.717) is 6.54 Å². The smallest absolute Gasteiger partial charge is 0.236 e. The van der Waals surface area contributed by atoms with E-state index in [2.05, 4.69) is 34.1 Å². The van der Waals surface area contributed by atoms with Crippen LogP contribution in [0.3, 0.4) is 0 Å². The number of hydrogen-bond acceptors (Lipinski definition) is 4. The van der Waals surface area contributed by atoms with E-state index in [1.54, 1.807) is 6.92 Å². The Labute approximate surface area is 150 Å². The van der Waals surface area contributed by atoms with Crippen molar-refractivity contribution < 1.29 is 9.59 Å². The van der Waals surface area contributed by atoms with Crippen molar-refractivity contribution in [2.24, 2.45) is 0 Å². The van der Waals surface area contributed by atoms with Gasteiger partial charge in [-0.15, -0.1) is 0 Å². The Bertz CT molecular complexity index is 576. The molecule has 0 radical (unpaired) electrons. The fourth-order valence-electron chi connectivity index (χ4n) is 3.51. The van der Waals surface area contributed by atoms with Crippen LogP contribution < -0.4 is 0 Å². The second kappa shape index (κ2) is 8.45. The van der Waals surface area contributed by atoms with Crippen LogP contribution in [0.15, 0.2) is 30.3 Å². The first-order valence-corrected chi connectivity index (χ1v) is 9.14. The molecule has 2 fully saturated rings. The molecule has 0 unspecified atom stereocenters. The fourth-order valence-corrected chi connectivity index (χ4v) is 3.51. The lowest BCUT2D eigenvalue weighted by Gasteiger charge is -2.37. The fraction of sp³-hybridized carbons (Fsp3) is 0.579. The van der Waals surface area contributed by atoms with Gasteiger partial charge in [0.05, 0.1) is 6.54 Å². The first-order chi connectivity index (χ1) is 12.1. The molecule has 0 atom stereocenters. The minimum atomic E-state index is 0.125. The van der Waals surface area contributed by atoms with Crippen LogP contribution in [0.2, 0.25) is 0 Å². The number of rotatable bonds is 4. The van der Waals surface area contributed by atoms with Crippen molar-refractivity contribution in [1.82, 2.24) is 19.6 Å². The minimum Gasteiger partial charge on any atom is -0.340 e. The summed E-state index contributed by atoms with van der Waals surface area (Å²) in [6, 6.07) is 10.5. The summed E-state index contributed by atoms with van der Waals surface area (Å²) in [5.41, 5.74) is 1.32. The number of amides is 2. The normalized spacial score (nSPS) is 19.9. The van der Waals surface area contributed by atoms with Crippen molar-refractivity contribution in [3.8, 4) is 0 Å². The zero-order chi connectivity index (χ0) is 17.6. The zero-order valence-electron chi connectivity index (χ0n) is 15.1. The molecule has 0 saturated carbocycles. The van der Waals surface area contributed by atoms with Crippen molar-refractivity contribution in [1.29, 1.82) is 0 Å². The molecule has 0 aliphatic carbocycles. The molecule has 0 aromatic heterocycles. The summed E-state index contributed by atoms with van der Waals surface area (Å²) in [4.78, 5) is 32.3. The summed E-state index contributed by atoms with van der Waals surface area (Å²) >= 11 is 0. The van der Waals surface area contributed by atoms with Crippen LogP contribution in [0.5, 0.6) is 0 Å². The molecular formula is C19H28N4O2. The van der Waals surface area contributed by atoms with Gasteiger partial charge in [0.1, 0.15) is 0 Å². The van der Waals surface area contributed by atoms with Crippen LogP contribution in [-0.4, -0.2) is 90.3 Å². The van der Waals surface area contributed by atoms with Crippen LogP contribution >= 0.6 is 0 Å². The summed E-state index contributed by atoms with van der Waals surface area (Å²) < 4.78 is 0. The lowest BCUT2D eigenvalue weighted by Crippen LogP contribution is -2.54. The quantitative estimate of drug-likeness (QED) is 0.798. The highest BCUT2D eigenvalue weighted by Gasteiger charge is 2.25. The Hall–Kier alpha value is -1.92. The van der Waals surface area contributed by atoms with E-state index in [1.807, 2.05) is 15.9 Å². The lowest BCUT2D eigenvalue weighted by molar-refractivity contribution is -0.135. The number of benzene rings is 1. The Kier molecular flexibility index (Phi) is 6.04. The van der Waals surface area contributed by atoms with Crippen molar-refractivity contribution in [2.45, 2.75) is 13.5 Å². The zero-order valence-corrected chi connectivity index (χ0v) is 15.1. The highest BCUT2D eigenvalue weighted by molar-refractivity contribution is 5.78. The van der Waals surface area contributed by atoms with Gasteiger partial charge < -0.3 is 9.80 Å². The molecule has 2 heterocycles. The highest BCUT2D eigenvalue weighted by atomic mass is 16.2. The number of hydrogen-bond donors (Lipinski definition) is 0. The van der Waals surface area contributed by atoms with Gasteiger partial charge in [-0.3, -0.25) is 19.4 Å². The summed E-state index contributed by atoms with van der Waals surface area (Å²) in [7, 11) is 0. The first-order valence-electron chi connectivity index (χ1n) is 9.14. The predicted molar refractivity (Wildman–Crippen MR) is 97.0 cm³/mol. The van der Waals surface area contributed by atoms with Crippen molar-refractivity contribution >= 4 is 11.8 Å². The highest BCUT2D eigenvalue weighted by Crippen LogP contribution is 2.09. The second-order valence-corrected chi connectivity index (χ2v) is 6.92. The average molecular weight is 344 g/mol. The number of nitrogens with zero attached hydrogens (tertiary/aromatic N) is 4. The van der Waals surface area contributed by atoms with E-state index in [0.717, 1.165) is 58.9 Å². The van der Waals surface area contributed by atoms with Gasteiger partial charge in [-0.2, -0.15) is 0 Å². The number of piperazine rings is 2. The molecule has 2 saturated heterocycles. The maximum Gasteiger partial charge on any atom is 0.236 e. The molecular weight excluding hydrogens is 316 g/mol. The number of carbonyl (C=O) groups is 2. The summed E-state index contributed by atoms with van der Waals surface area (Å²) in [6.07, 6.45) is 0. The predicted octanol–water partition coefficient (Wildman–Crippen LogP) is 0.495. The Balaban J connectivity index is 1.39. The average Bonchev–Trinajstić information content (AvgIpc) is 2.63. The molecule has 1 aromatic carbocycles. The maximum atomic E-state index is 12.5. The summed E-state index contributed by atoms with van der Waals surface area (Å²) in [5, 5.41) is 0. The molecule has 0 N–H and O–H groups in total. The van der Waals surface area contributed by atoms with E-state index < -0.39 is 0 Å². The van der Waals surface area contributed by atoms with Gasteiger partial charge in [0.15, 0.2) is 0 Å². The van der Waals surface area contributed by atoms with E-state index in [-0.39, 0.29) is 11.8 Å². The van der Waals surface area contributed by atoms with Gasteiger partial charge in [0.2, 0.25) is 11.8 Å². The molecule has 6 nitrogen and oxygen atoms in total. The molecule has 2 aliphatic rings. The first kappa shape index (κ1) is 17.9. The molecule has 1 aromatic rings. The molecule has 136 valence electrons. The largest absolute Gasteiger partial charge is 0.340 e. The van der Waals surface area contributed by atoms with Gasteiger partial charge >= 0.3 is 0 Å². The van der Waals surface area contributed by atoms with Gasteiger partial charge in [0.25, 0.3) is 0 Å². The van der Waals surface area contributed by atoms with Gasteiger partial charge in [-0.25, -0.2) is 0 Å². The SMILES string of the molecule is CC(=O)N1CCN(CC(=O)N2CCN(Cc3ccccc3)CC2)CC1. The Morgan fingerprint density at radius 1 is 0.800 bits per heavy atom. The van der Waals surface area contributed by atoms with Crippen LogP contribution in [0, 0.1) is 0 Å². The summed E-state index contributed by atoms with van der Waals surface area (Å²) in [6.45, 7) is 9.55. The topological polar surface area (TPSA) is 47.1 Å². The molecule has 2 aliphatic heterocycles. The third kappa shape index (κ3) is 5.03. The van der Waals surface area contributed by atoms with E-state index >= 15 is 0 Å². The number of carbonyl (C=O) groups excluding carboxylic acids is 2. The molecule has 6 heteroatoms. The molecule has 2 amide bonds. The molecule has 0 spiro atoms. The molecule has 0 bridgehead atoms. The van der Waals surface area contributed by atoms with Crippen molar-refractivity contribution in [2.75, 3.05) is 58.9 Å². The lowest BCUT2D eigenvalue weighted by atomic mass is 10.2. The second-order valence-electron chi connectivity index (χ2n) is 6.92. The van der Waals surface area contributed by atoms with Crippen molar-refractivity contribution in [3.63, 3.8) is 0 Å².